The van der Waals surface area contributed by atoms with Crippen LogP contribution in [0.3, 0.4) is 0 Å². The van der Waals surface area contributed by atoms with Crippen molar-refractivity contribution in [3.05, 3.63) is 65.7 Å². The molecule has 0 radical (unpaired) electrons. The van der Waals surface area contributed by atoms with Crippen LogP contribution in [0.15, 0.2) is 60.1 Å². The van der Waals surface area contributed by atoms with E-state index in [4.69, 9.17) is 4.74 Å². The van der Waals surface area contributed by atoms with Gasteiger partial charge >= 0.3 is 6.03 Å². The number of carbonyl (C=O) groups is 1. The first-order valence-corrected chi connectivity index (χ1v) is 8.29. The van der Waals surface area contributed by atoms with Crippen LogP contribution in [0, 0.1) is 0 Å². The molecular weight excluding hydrogens is 322 g/mol. The molecule has 0 fully saturated rings. The molecule has 0 aliphatic rings. The molecule has 5 nitrogen and oxygen atoms in total. The fraction of sp³-hybridized carbons (Fsp3) is 0.111. The minimum Gasteiger partial charge on any atom is -0.380 e. The van der Waals surface area contributed by atoms with E-state index in [9.17, 15) is 4.79 Å². The number of rotatable bonds is 5. The van der Waals surface area contributed by atoms with Gasteiger partial charge in [0.1, 0.15) is 5.01 Å². The molecular formula is C18H17N3O2S. The number of hydrogen-bond acceptors (Lipinski definition) is 4. The Morgan fingerprint density at radius 3 is 2.83 bits per heavy atom. The second-order valence-electron chi connectivity index (χ2n) is 5.09. The second kappa shape index (κ2) is 7.72. The Morgan fingerprint density at radius 2 is 2.04 bits per heavy atom. The molecule has 0 bridgehead atoms. The van der Waals surface area contributed by atoms with Crippen molar-refractivity contribution < 1.29 is 9.53 Å². The molecule has 24 heavy (non-hydrogen) atoms. The number of benzene rings is 2. The number of nitrogens with one attached hydrogen (secondary N) is 2. The lowest BCUT2D eigenvalue weighted by Crippen LogP contribution is -2.20. The zero-order valence-corrected chi connectivity index (χ0v) is 14.0. The third-order valence-electron chi connectivity index (χ3n) is 3.37. The maximum Gasteiger partial charge on any atom is 0.323 e. The van der Waals surface area contributed by atoms with E-state index in [0.717, 1.165) is 21.8 Å². The first kappa shape index (κ1) is 16.2. The molecule has 3 aromatic rings. The maximum absolute atomic E-state index is 12.3. The predicted octanol–water partition coefficient (Wildman–Crippen LogP) is 4.60. The van der Waals surface area contributed by atoms with Crippen LogP contribution in [0.5, 0.6) is 0 Å². The molecule has 3 rings (SSSR count). The van der Waals surface area contributed by atoms with E-state index in [1.807, 2.05) is 53.9 Å². The topological polar surface area (TPSA) is 63.2 Å². The number of amides is 2. The predicted molar refractivity (Wildman–Crippen MR) is 97.3 cm³/mol. The zero-order valence-electron chi connectivity index (χ0n) is 13.2. The number of anilines is 2. The summed E-state index contributed by atoms with van der Waals surface area (Å²) in [5, 5.41) is 8.55. The van der Waals surface area contributed by atoms with Crippen molar-refractivity contribution in [2.75, 3.05) is 17.7 Å². The molecule has 0 aliphatic carbocycles. The third kappa shape index (κ3) is 3.98. The van der Waals surface area contributed by atoms with Crippen LogP contribution in [-0.4, -0.2) is 18.1 Å². The van der Waals surface area contributed by atoms with Crippen molar-refractivity contribution in [1.29, 1.82) is 0 Å². The van der Waals surface area contributed by atoms with E-state index >= 15 is 0 Å². The van der Waals surface area contributed by atoms with Crippen LogP contribution in [0.2, 0.25) is 0 Å². The quantitative estimate of drug-likeness (QED) is 0.714. The normalized spacial score (nSPS) is 10.4. The number of thiazole rings is 1. The molecule has 2 aromatic carbocycles. The van der Waals surface area contributed by atoms with Gasteiger partial charge in [-0.3, -0.25) is 0 Å². The highest BCUT2D eigenvalue weighted by molar-refractivity contribution is 7.13. The van der Waals surface area contributed by atoms with E-state index in [2.05, 4.69) is 15.6 Å². The molecule has 122 valence electrons. The van der Waals surface area contributed by atoms with Crippen LogP contribution in [0.1, 0.15) is 5.56 Å². The SMILES string of the molecule is COCc1ccccc1NC(=O)Nc1cccc(-c2nccs2)c1. The maximum atomic E-state index is 12.3. The third-order valence-corrected chi connectivity index (χ3v) is 4.19. The fourth-order valence-corrected chi connectivity index (χ4v) is 2.94. The molecule has 1 heterocycles. The Labute approximate surface area is 144 Å². The van der Waals surface area contributed by atoms with Crippen LogP contribution in [0.4, 0.5) is 16.2 Å². The number of ether oxygens (including phenoxy) is 1. The molecule has 0 saturated heterocycles. The zero-order chi connectivity index (χ0) is 16.8. The first-order chi connectivity index (χ1) is 11.8. The van der Waals surface area contributed by atoms with Crippen molar-refractivity contribution in [3.63, 3.8) is 0 Å². The number of methoxy groups -OCH3 is 1. The van der Waals surface area contributed by atoms with E-state index in [1.165, 1.54) is 0 Å². The van der Waals surface area contributed by atoms with Gasteiger partial charge in [-0.1, -0.05) is 30.3 Å². The van der Waals surface area contributed by atoms with Gasteiger partial charge < -0.3 is 15.4 Å². The van der Waals surface area contributed by atoms with Gasteiger partial charge in [0.05, 0.1) is 6.61 Å². The van der Waals surface area contributed by atoms with Crippen LogP contribution in [-0.2, 0) is 11.3 Å². The van der Waals surface area contributed by atoms with E-state index in [1.54, 1.807) is 24.6 Å². The lowest BCUT2D eigenvalue weighted by atomic mass is 10.2. The Bertz CT molecular complexity index is 819. The summed E-state index contributed by atoms with van der Waals surface area (Å²) in [5.74, 6) is 0. The van der Waals surface area contributed by atoms with Gasteiger partial charge in [0, 0.05) is 41.2 Å². The van der Waals surface area contributed by atoms with Crippen molar-refractivity contribution in [2.45, 2.75) is 6.61 Å². The summed E-state index contributed by atoms with van der Waals surface area (Å²) in [6.45, 7) is 0.440. The van der Waals surface area contributed by atoms with Gasteiger partial charge in [0.25, 0.3) is 0 Å². The highest BCUT2D eigenvalue weighted by Gasteiger charge is 2.08. The molecule has 2 N–H and O–H groups in total. The van der Waals surface area contributed by atoms with Gasteiger partial charge in [-0.05, 0) is 18.2 Å². The average Bonchev–Trinajstić information content (AvgIpc) is 3.12. The number of aromatic nitrogens is 1. The summed E-state index contributed by atoms with van der Waals surface area (Å²) < 4.78 is 5.15. The molecule has 0 aliphatic heterocycles. The second-order valence-corrected chi connectivity index (χ2v) is 5.98. The summed E-state index contributed by atoms with van der Waals surface area (Å²) >= 11 is 1.56. The summed E-state index contributed by atoms with van der Waals surface area (Å²) in [6.07, 6.45) is 1.76. The van der Waals surface area contributed by atoms with Crippen molar-refractivity contribution >= 4 is 28.7 Å². The number of para-hydroxylation sites is 1. The largest absolute Gasteiger partial charge is 0.380 e. The number of hydrogen-bond donors (Lipinski definition) is 2. The Hall–Kier alpha value is -2.70. The first-order valence-electron chi connectivity index (χ1n) is 7.41. The monoisotopic (exact) mass is 339 g/mol. The Balaban J connectivity index is 1.71. The van der Waals surface area contributed by atoms with Gasteiger partial charge in [0.15, 0.2) is 0 Å². The summed E-state index contributed by atoms with van der Waals surface area (Å²) in [4.78, 5) is 16.5. The molecule has 0 unspecified atom stereocenters. The van der Waals surface area contributed by atoms with Gasteiger partial charge in [-0.15, -0.1) is 11.3 Å². The van der Waals surface area contributed by atoms with Crippen molar-refractivity contribution in [2.24, 2.45) is 0 Å². The lowest BCUT2D eigenvalue weighted by Gasteiger charge is -2.12. The summed E-state index contributed by atoms with van der Waals surface area (Å²) in [7, 11) is 1.63. The van der Waals surface area contributed by atoms with Gasteiger partial charge in [0.2, 0.25) is 0 Å². The minimum absolute atomic E-state index is 0.296. The molecule has 6 heteroatoms. The number of carbonyl (C=O) groups excluding carboxylic acids is 1. The van der Waals surface area contributed by atoms with Crippen LogP contribution < -0.4 is 10.6 Å². The molecule has 0 saturated carbocycles. The van der Waals surface area contributed by atoms with Gasteiger partial charge in [-0.25, -0.2) is 9.78 Å². The highest BCUT2D eigenvalue weighted by atomic mass is 32.1. The molecule has 0 atom stereocenters. The number of urea groups is 1. The fourth-order valence-electron chi connectivity index (χ4n) is 2.30. The summed E-state index contributed by atoms with van der Waals surface area (Å²) in [6, 6.07) is 14.9. The molecule has 0 spiro atoms. The Kier molecular flexibility index (Phi) is 5.20. The smallest absolute Gasteiger partial charge is 0.323 e. The van der Waals surface area contributed by atoms with E-state index in [-0.39, 0.29) is 6.03 Å². The summed E-state index contributed by atoms with van der Waals surface area (Å²) in [5.41, 5.74) is 3.34. The average molecular weight is 339 g/mol. The van der Waals surface area contributed by atoms with Crippen LogP contribution >= 0.6 is 11.3 Å². The van der Waals surface area contributed by atoms with Gasteiger partial charge in [-0.2, -0.15) is 0 Å². The number of nitrogens with zero attached hydrogens (tertiary/aromatic N) is 1. The minimum atomic E-state index is -0.296. The highest BCUT2D eigenvalue weighted by Crippen LogP contribution is 2.24. The van der Waals surface area contributed by atoms with Crippen molar-refractivity contribution in [1.82, 2.24) is 4.98 Å². The molecule has 1 aromatic heterocycles. The molecule has 2 amide bonds. The van der Waals surface area contributed by atoms with Crippen molar-refractivity contribution in [3.8, 4) is 10.6 Å². The standard InChI is InChI=1S/C18H17N3O2S/c1-23-12-14-5-2-3-8-16(14)21-18(22)20-15-7-4-6-13(11-15)17-19-9-10-24-17/h2-11H,12H2,1H3,(H2,20,21,22). The van der Waals surface area contributed by atoms with E-state index < -0.39 is 0 Å². The van der Waals surface area contributed by atoms with Crippen LogP contribution in [0.25, 0.3) is 10.6 Å². The lowest BCUT2D eigenvalue weighted by molar-refractivity contribution is 0.185. The Morgan fingerprint density at radius 1 is 1.17 bits per heavy atom. The van der Waals surface area contributed by atoms with E-state index in [0.29, 0.717) is 12.3 Å².